The second-order valence-electron chi connectivity index (χ2n) is 4.26. The zero-order valence-corrected chi connectivity index (χ0v) is 9.37. The summed E-state index contributed by atoms with van der Waals surface area (Å²) < 4.78 is 2.01. The van der Waals surface area contributed by atoms with Crippen molar-refractivity contribution >= 4 is 5.69 Å². The molecular formula is C11H20N4. The highest BCUT2D eigenvalue weighted by Gasteiger charge is 2.23. The number of hydrogen-bond acceptors (Lipinski definition) is 3. The van der Waals surface area contributed by atoms with Gasteiger partial charge in [0.15, 0.2) is 0 Å². The fourth-order valence-electron chi connectivity index (χ4n) is 2.47. The molecule has 0 aliphatic heterocycles. The number of rotatable bonds is 4. The average molecular weight is 208 g/mol. The number of aromatic nitrogens is 2. The molecule has 1 aromatic rings. The normalized spacial score (nSPS) is 17.2. The van der Waals surface area contributed by atoms with Crippen LogP contribution in [-0.2, 0) is 7.05 Å². The largest absolute Gasteiger partial charge is 0.381 e. The van der Waals surface area contributed by atoms with E-state index in [9.17, 15) is 0 Å². The SMILES string of the molecule is Cn1ncc(NCCN)c1C1CCCC1. The highest BCUT2D eigenvalue weighted by atomic mass is 15.3. The predicted octanol–water partition coefficient (Wildman–Crippen LogP) is 1.45. The first-order valence-electron chi connectivity index (χ1n) is 5.78. The van der Waals surface area contributed by atoms with Crippen LogP contribution >= 0.6 is 0 Å². The average Bonchev–Trinajstić information content (AvgIpc) is 2.84. The molecule has 1 aliphatic rings. The Morgan fingerprint density at radius 1 is 1.53 bits per heavy atom. The molecule has 0 saturated heterocycles. The van der Waals surface area contributed by atoms with Crippen molar-refractivity contribution in [2.45, 2.75) is 31.6 Å². The minimum atomic E-state index is 0.666. The van der Waals surface area contributed by atoms with E-state index in [4.69, 9.17) is 5.73 Å². The molecular weight excluding hydrogens is 188 g/mol. The van der Waals surface area contributed by atoms with E-state index >= 15 is 0 Å². The third-order valence-electron chi connectivity index (χ3n) is 3.19. The lowest BCUT2D eigenvalue weighted by Gasteiger charge is -2.13. The van der Waals surface area contributed by atoms with E-state index in [1.54, 1.807) is 0 Å². The van der Waals surface area contributed by atoms with E-state index < -0.39 is 0 Å². The molecule has 0 aromatic carbocycles. The molecule has 15 heavy (non-hydrogen) atoms. The third kappa shape index (κ3) is 2.15. The quantitative estimate of drug-likeness (QED) is 0.787. The summed E-state index contributed by atoms with van der Waals surface area (Å²) in [6.07, 6.45) is 7.23. The lowest BCUT2D eigenvalue weighted by Crippen LogP contribution is -2.14. The Hall–Kier alpha value is -1.03. The van der Waals surface area contributed by atoms with Gasteiger partial charge in [-0.25, -0.2) is 0 Å². The molecule has 0 unspecified atom stereocenters. The van der Waals surface area contributed by atoms with Crippen LogP contribution < -0.4 is 11.1 Å². The van der Waals surface area contributed by atoms with Gasteiger partial charge in [0, 0.05) is 26.1 Å². The first-order chi connectivity index (χ1) is 7.33. The number of hydrogen-bond donors (Lipinski definition) is 2. The molecule has 4 nitrogen and oxygen atoms in total. The van der Waals surface area contributed by atoms with Crippen LogP contribution in [0.25, 0.3) is 0 Å². The van der Waals surface area contributed by atoms with Crippen molar-refractivity contribution in [2.75, 3.05) is 18.4 Å². The van der Waals surface area contributed by atoms with Crippen molar-refractivity contribution in [3.05, 3.63) is 11.9 Å². The lowest BCUT2D eigenvalue weighted by atomic mass is 10.0. The van der Waals surface area contributed by atoms with Gasteiger partial charge in [-0.3, -0.25) is 4.68 Å². The van der Waals surface area contributed by atoms with Gasteiger partial charge in [0.05, 0.1) is 17.6 Å². The number of anilines is 1. The zero-order chi connectivity index (χ0) is 10.7. The van der Waals surface area contributed by atoms with Crippen LogP contribution in [0.3, 0.4) is 0 Å². The first-order valence-corrected chi connectivity index (χ1v) is 5.78. The molecule has 1 fully saturated rings. The number of aryl methyl sites for hydroxylation is 1. The molecule has 0 radical (unpaired) electrons. The van der Waals surface area contributed by atoms with Gasteiger partial charge < -0.3 is 11.1 Å². The monoisotopic (exact) mass is 208 g/mol. The summed E-state index contributed by atoms with van der Waals surface area (Å²) in [5.74, 6) is 0.692. The van der Waals surface area contributed by atoms with Crippen LogP contribution in [0.15, 0.2) is 6.20 Å². The summed E-state index contributed by atoms with van der Waals surface area (Å²) in [7, 11) is 2.03. The summed E-state index contributed by atoms with van der Waals surface area (Å²) in [6.45, 7) is 1.49. The molecule has 3 N–H and O–H groups in total. The molecule has 1 saturated carbocycles. The van der Waals surface area contributed by atoms with Gasteiger partial charge in [0.25, 0.3) is 0 Å². The van der Waals surface area contributed by atoms with Crippen LogP contribution in [-0.4, -0.2) is 22.9 Å². The molecule has 2 rings (SSSR count). The van der Waals surface area contributed by atoms with Gasteiger partial charge in [0.1, 0.15) is 0 Å². The van der Waals surface area contributed by atoms with Crippen LogP contribution in [0.1, 0.15) is 37.3 Å². The maximum absolute atomic E-state index is 5.50. The highest BCUT2D eigenvalue weighted by molar-refractivity contribution is 5.48. The minimum Gasteiger partial charge on any atom is -0.381 e. The molecule has 0 spiro atoms. The third-order valence-corrected chi connectivity index (χ3v) is 3.19. The van der Waals surface area contributed by atoms with Crippen LogP contribution in [0.2, 0.25) is 0 Å². The van der Waals surface area contributed by atoms with E-state index in [0.717, 1.165) is 6.54 Å². The topological polar surface area (TPSA) is 55.9 Å². The van der Waals surface area contributed by atoms with Crippen molar-refractivity contribution in [1.29, 1.82) is 0 Å². The van der Waals surface area contributed by atoms with Crippen LogP contribution in [0, 0.1) is 0 Å². The van der Waals surface area contributed by atoms with Crippen LogP contribution in [0.4, 0.5) is 5.69 Å². The highest BCUT2D eigenvalue weighted by Crippen LogP contribution is 2.37. The van der Waals surface area contributed by atoms with Crippen molar-refractivity contribution in [3.63, 3.8) is 0 Å². The van der Waals surface area contributed by atoms with Crippen molar-refractivity contribution < 1.29 is 0 Å². The van der Waals surface area contributed by atoms with Gasteiger partial charge in [-0.2, -0.15) is 5.10 Å². The molecule has 84 valence electrons. The van der Waals surface area contributed by atoms with E-state index in [-0.39, 0.29) is 0 Å². The number of nitrogens with zero attached hydrogens (tertiary/aromatic N) is 2. The Kier molecular flexibility index (Phi) is 3.26. The molecule has 1 aliphatic carbocycles. The molecule has 1 aromatic heterocycles. The van der Waals surface area contributed by atoms with E-state index in [1.807, 2.05) is 17.9 Å². The van der Waals surface area contributed by atoms with Gasteiger partial charge in [-0.1, -0.05) is 12.8 Å². The smallest absolute Gasteiger partial charge is 0.0762 e. The van der Waals surface area contributed by atoms with Gasteiger partial charge in [-0.05, 0) is 12.8 Å². The minimum absolute atomic E-state index is 0.666. The zero-order valence-electron chi connectivity index (χ0n) is 9.37. The Morgan fingerprint density at radius 2 is 2.27 bits per heavy atom. The van der Waals surface area contributed by atoms with Gasteiger partial charge in [0.2, 0.25) is 0 Å². The number of nitrogens with two attached hydrogens (primary N) is 1. The van der Waals surface area contributed by atoms with E-state index in [1.165, 1.54) is 37.1 Å². The number of nitrogens with one attached hydrogen (secondary N) is 1. The Labute approximate surface area is 90.8 Å². The van der Waals surface area contributed by atoms with E-state index in [0.29, 0.717) is 12.5 Å². The summed E-state index contributed by atoms with van der Waals surface area (Å²) in [6, 6.07) is 0. The summed E-state index contributed by atoms with van der Waals surface area (Å²) in [5.41, 5.74) is 8.03. The van der Waals surface area contributed by atoms with Crippen molar-refractivity contribution in [1.82, 2.24) is 9.78 Å². The Bertz CT molecular complexity index is 312. The lowest BCUT2D eigenvalue weighted by molar-refractivity contribution is 0.618. The van der Waals surface area contributed by atoms with E-state index in [2.05, 4.69) is 10.4 Å². The van der Waals surface area contributed by atoms with Gasteiger partial charge >= 0.3 is 0 Å². The van der Waals surface area contributed by atoms with Crippen molar-refractivity contribution in [2.24, 2.45) is 12.8 Å². The second-order valence-corrected chi connectivity index (χ2v) is 4.26. The molecule has 0 amide bonds. The Morgan fingerprint density at radius 3 is 2.93 bits per heavy atom. The summed E-state index contributed by atoms with van der Waals surface area (Å²) >= 11 is 0. The predicted molar refractivity (Wildman–Crippen MR) is 62.0 cm³/mol. The molecule has 4 heteroatoms. The fourth-order valence-corrected chi connectivity index (χ4v) is 2.47. The standard InChI is InChI=1S/C11H20N4/c1-15-11(9-4-2-3-5-9)10(8-14-15)13-7-6-12/h8-9,13H,2-7,12H2,1H3. The van der Waals surface area contributed by atoms with Gasteiger partial charge in [-0.15, -0.1) is 0 Å². The maximum atomic E-state index is 5.50. The van der Waals surface area contributed by atoms with Crippen LogP contribution in [0.5, 0.6) is 0 Å². The maximum Gasteiger partial charge on any atom is 0.0762 e. The Balaban J connectivity index is 2.15. The van der Waals surface area contributed by atoms with Crippen molar-refractivity contribution in [3.8, 4) is 0 Å². The molecule has 1 heterocycles. The fraction of sp³-hybridized carbons (Fsp3) is 0.727. The summed E-state index contributed by atoms with van der Waals surface area (Å²) in [5, 5.41) is 7.68. The second kappa shape index (κ2) is 4.66. The molecule has 0 atom stereocenters. The first kappa shape index (κ1) is 10.5. The molecule has 0 bridgehead atoms. The summed E-state index contributed by atoms with van der Waals surface area (Å²) in [4.78, 5) is 0.